The Morgan fingerprint density at radius 3 is 2.47 bits per heavy atom. The molecule has 0 amide bonds. The Morgan fingerprint density at radius 2 is 1.77 bits per heavy atom. The lowest BCUT2D eigenvalue weighted by molar-refractivity contribution is -0.160. The lowest BCUT2D eigenvalue weighted by atomic mass is 9.44. The van der Waals surface area contributed by atoms with Crippen LogP contribution in [0.2, 0.25) is 0 Å². The SMILES string of the molecule is CC(C)CC=C[C@](C)(O)[C@H]1CC[C@H]2[C@@H]3CC(=O)[C@H]4CC(=O)CC[C@]4(C)[C@H]3CC[C@@]21C. The lowest BCUT2D eigenvalue weighted by Crippen LogP contribution is -2.57. The lowest BCUT2D eigenvalue weighted by Gasteiger charge is -2.60. The molecule has 3 heteroatoms. The van der Waals surface area contributed by atoms with E-state index in [0.717, 1.165) is 38.5 Å². The Hall–Kier alpha value is -0.960. The van der Waals surface area contributed by atoms with Crippen molar-refractivity contribution in [2.75, 3.05) is 0 Å². The fourth-order valence-corrected chi connectivity index (χ4v) is 8.49. The van der Waals surface area contributed by atoms with Gasteiger partial charge in [-0.1, -0.05) is 39.8 Å². The van der Waals surface area contributed by atoms with E-state index >= 15 is 0 Å². The Balaban J connectivity index is 1.58. The maximum Gasteiger partial charge on any atom is 0.137 e. The average molecular weight is 415 g/mol. The van der Waals surface area contributed by atoms with Crippen LogP contribution in [0.15, 0.2) is 12.2 Å². The summed E-state index contributed by atoms with van der Waals surface area (Å²) in [6, 6.07) is 0. The van der Waals surface area contributed by atoms with Crippen molar-refractivity contribution in [1.82, 2.24) is 0 Å². The molecule has 0 radical (unpaired) electrons. The van der Waals surface area contributed by atoms with Gasteiger partial charge in [0.25, 0.3) is 0 Å². The molecule has 4 rings (SSSR count). The molecule has 0 bridgehead atoms. The van der Waals surface area contributed by atoms with E-state index in [1.54, 1.807) is 0 Å². The van der Waals surface area contributed by atoms with Crippen LogP contribution in [0.4, 0.5) is 0 Å². The Kier molecular flexibility index (Phi) is 5.61. The highest BCUT2D eigenvalue weighted by molar-refractivity contribution is 5.90. The fourth-order valence-electron chi connectivity index (χ4n) is 8.49. The van der Waals surface area contributed by atoms with E-state index in [2.05, 4.69) is 39.8 Å². The smallest absolute Gasteiger partial charge is 0.137 e. The molecule has 1 N–H and O–H groups in total. The largest absolute Gasteiger partial charge is 0.386 e. The van der Waals surface area contributed by atoms with Gasteiger partial charge in [0, 0.05) is 25.2 Å². The third-order valence-corrected chi connectivity index (χ3v) is 10.0. The van der Waals surface area contributed by atoms with Gasteiger partial charge in [0.1, 0.15) is 11.6 Å². The molecule has 30 heavy (non-hydrogen) atoms. The highest BCUT2D eigenvalue weighted by atomic mass is 16.3. The number of aliphatic hydroxyl groups is 1. The van der Waals surface area contributed by atoms with Crippen molar-refractivity contribution >= 4 is 11.6 Å². The molecule has 4 fully saturated rings. The summed E-state index contributed by atoms with van der Waals surface area (Å²) in [5.74, 6) is 2.97. The second-order valence-electron chi connectivity index (χ2n) is 12.3. The van der Waals surface area contributed by atoms with E-state index in [0.29, 0.717) is 48.7 Å². The maximum absolute atomic E-state index is 13.2. The van der Waals surface area contributed by atoms with Gasteiger partial charge in [0.2, 0.25) is 0 Å². The van der Waals surface area contributed by atoms with Crippen molar-refractivity contribution in [2.24, 2.45) is 46.3 Å². The van der Waals surface area contributed by atoms with Crippen LogP contribution in [0.3, 0.4) is 0 Å². The monoisotopic (exact) mass is 414 g/mol. The molecule has 168 valence electrons. The molecule has 4 aliphatic carbocycles. The van der Waals surface area contributed by atoms with E-state index in [1.165, 1.54) is 0 Å². The summed E-state index contributed by atoms with van der Waals surface area (Å²) in [7, 11) is 0. The summed E-state index contributed by atoms with van der Waals surface area (Å²) < 4.78 is 0. The minimum Gasteiger partial charge on any atom is -0.386 e. The van der Waals surface area contributed by atoms with E-state index in [4.69, 9.17) is 0 Å². The van der Waals surface area contributed by atoms with Gasteiger partial charge in [0.05, 0.1) is 5.60 Å². The summed E-state index contributed by atoms with van der Waals surface area (Å²) in [6.07, 6.45) is 12.4. The van der Waals surface area contributed by atoms with Crippen LogP contribution in [0.5, 0.6) is 0 Å². The molecular weight excluding hydrogens is 372 g/mol. The molecule has 0 heterocycles. The summed E-state index contributed by atoms with van der Waals surface area (Å²) in [5.41, 5.74) is -0.679. The molecule has 0 saturated heterocycles. The van der Waals surface area contributed by atoms with E-state index in [9.17, 15) is 14.7 Å². The predicted octanol–water partition coefficient (Wildman–Crippen LogP) is 5.75. The number of ketones is 2. The van der Waals surface area contributed by atoms with Gasteiger partial charge in [-0.3, -0.25) is 9.59 Å². The van der Waals surface area contributed by atoms with Crippen LogP contribution >= 0.6 is 0 Å². The number of carbonyl (C=O) groups excluding carboxylic acids is 2. The van der Waals surface area contributed by atoms with Crippen LogP contribution in [0.25, 0.3) is 0 Å². The number of Topliss-reactive ketones (excluding diaryl/α,β-unsaturated/α-hetero) is 2. The van der Waals surface area contributed by atoms with Crippen molar-refractivity contribution < 1.29 is 14.7 Å². The highest BCUT2D eigenvalue weighted by Gasteiger charge is 2.63. The first-order valence-electron chi connectivity index (χ1n) is 12.4. The van der Waals surface area contributed by atoms with Gasteiger partial charge in [-0.25, -0.2) is 0 Å². The van der Waals surface area contributed by atoms with Gasteiger partial charge in [-0.15, -0.1) is 0 Å². The minimum absolute atomic E-state index is 0.00696. The number of rotatable bonds is 4. The normalized spacial score (nSPS) is 45.9. The average Bonchev–Trinajstić information content (AvgIpc) is 3.01. The van der Waals surface area contributed by atoms with Gasteiger partial charge in [-0.2, -0.15) is 0 Å². The predicted molar refractivity (Wildman–Crippen MR) is 120 cm³/mol. The first-order valence-corrected chi connectivity index (χ1v) is 12.4. The molecule has 3 nitrogen and oxygen atoms in total. The van der Waals surface area contributed by atoms with E-state index < -0.39 is 5.60 Å². The summed E-state index contributed by atoms with van der Waals surface area (Å²) in [5, 5.41) is 11.5. The zero-order valence-electron chi connectivity index (χ0n) is 19.7. The number of hydrogen-bond donors (Lipinski definition) is 1. The Bertz CT molecular complexity index is 734. The molecule has 4 aliphatic rings. The molecule has 0 aromatic carbocycles. The molecule has 0 aromatic rings. The zero-order valence-corrected chi connectivity index (χ0v) is 19.7. The Morgan fingerprint density at radius 1 is 1.07 bits per heavy atom. The van der Waals surface area contributed by atoms with Crippen molar-refractivity contribution in [3.63, 3.8) is 0 Å². The van der Waals surface area contributed by atoms with Crippen molar-refractivity contribution in [1.29, 1.82) is 0 Å². The van der Waals surface area contributed by atoms with Crippen LogP contribution < -0.4 is 0 Å². The molecule has 8 atom stereocenters. The number of allylic oxidation sites excluding steroid dienone is 1. The molecule has 0 aliphatic heterocycles. The Labute approximate surface area is 183 Å². The number of hydrogen-bond acceptors (Lipinski definition) is 3. The topological polar surface area (TPSA) is 54.4 Å². The van der Waals surface area contributed by atoms with Crippen molar-refractivity contribution in [3.05, 3.63) is 12.2 Å². The number of fused-ring (bicyclic) bond motifs is 5. The molecule has 0 aromatic heterocycles. The van der Waals surface area contributed by atoms with Crippen LogP contribution in [-0.2, 0) is 9.59 Å². The van der Waals surface area contributed by atoms with Crippen molar-refractivity contribution in [2.45, 2.75) is 98.0 Å². The molecular formula is C27H42O3. The van der Waals surface area contributed by atoms with Crippen LogP contribution in [0, 0.1) is 46.3 Å². The number of carbonyl (C=O) groups is 2. The van der Waals surface area contributed by atoms with Gasteiger partial charge < -0.3 is 5.11 Å². The summed E-state index contributed by atoms with van der Waals surface area (Å²) in [4.78, 5) is 25.3. The first kappa shape index (κ1) is 22.2. The van der Waals surface area contributed by atoms with Crippen molar-refractivity contribution in [3.8, 4) is 0 Å². The van der Waals surface area contributed by atoms with Gasteiger partial charge >= 0.3 is 0 Å². The quantitative estimate of drug-likeness (QED) is 0.596. The fraction of sp³-hybridized carbons (Fsp3) is 0.852. The van der Waals surface area contributed by atoms with Gasteiger partial charge in [-0.05, 0) is 85.9 Å². The van der Waals surface area contributed by atoms with Crippen LogP contribution in [0.1, 0.15) is 92.4 Å². The molecule has 0 spiro atoms. The van der Waals surface area contributed by atoms with E-state index in [1.807, 2.05) is 6.92 Å². The maximum atomic E-state index is 13.2. The minimum atomic E-state index is -0.784. The standard InChI is InChI=1S/C27H42O3/c1-17(2)7-6-12-27(5,30)24-9-8-20-19-16-23(29)22-15-18(28)10-13-25(22,3)21(19)11-14-26(20,24)4/h6,12,17,19-22,24,30H,7-11,13-16H2,1-5H3/t19-,20-,21-,22+,24-,25+,26-,27-/m0/s1. The first-order chi connectivity index (χ1) is 14.0. The summed E-state index contributed by atoms with van der Waals surface area (Å²) in [6.45, 7) is 11.1. The third-order valence-electron chi connectivity index (χ3n) is 10.0. The highest BCUT2D eigenvalue weighted by Crippen LogP contribution is 2.67. The van der Waals surface area contributed by atoms with E-state index in [-0.39, 0.29) is 28.4 Å². The van der Waals surface area contributed by atoms with Crippen LogP contribution in [-0.4, -0.2) is 22.3 Å². The molecule has 4 saturated carbocycles. The molecule has 0 unspecified atom stereocenters. The second-order valence-corrected chi connectivity index (χ2v) is 12.3. The zero-order chi connectivity index (χ0) is 21.9. The third kappa shape index (κ3) is 3.44. The second kappa shape index (κ2) is 7.57. The summed E-state index contributed by atoms with van der Waals surface area (Å²) >= 11 is 0. The van der Waals surface area contributed by atoms with Gasteiger partial charge in [0.15, 0.2) is 0 Å².